The van der Waals surface area contributed by atoms with Gasteiger partial charge in [-0.15, -0.1) is 0 Å². The zero-order valence-corrected chi connectivity index (χ0v) is 11.5. The number of benzene rings is 1. The maximum Gasteiger partial charge on any atom is 0.312 e. The second kappa shape index (κ2) is 5.56. The number of anilines is 1. The van der Waals surface area contributed by atoms with Crippen molar-refractivity contribution in [2.24, 2.45) is 0 Å². The van der Waals surface area contributed by atoms with Crippen LogP contribution in [-0.2, 0) is 0 Å². The first-order chi connectivity index (χ1) is 9.51. The monoisotopic (exact) mass is 273 g/mol. The molecule has 0 saturated heterocycles. The van der Waals surface area contributed by atoms with Gasteiger partial charge in [0.1, 0.15) is 5.75 Å². The number of aromatic nitrogens is 1. The van der Waals surface area contributed by atoms with E-state index in [-0.39, 0.29) is 11.4 Å². The topological polar surface area (TPSA) is 77.3 Å². The van der Waals surface area contributed by atoms with Crippen molar-refractivity contribution >= 4 is 11.4 Å². The first kappa shape index (κ1) is 13.8. The van der Waals surface area contributed by atoms with Gasteiger partial charge < -0.3 is 10.1 Å². The van der Waals surface area contributed by atoms with Crippen molar-refractivity contribution in [2.75, 3.05) is 12.4 Å². The summed E-state index contributed by atoms with van der Waals surface area (Å²) in [6.07, 6.45) is 3.16. The van der Waals surface area contributed by atoms with Crippen LogP contribution in [-0.4, -0.2) is 17.0 Å². The van der Waals surface area contributed by atoms with E-state index in [1.807, 2.05) is 13.0 Å². The number of nitro benzene ring substituents is 1. The molecule has 2 aromatic rings. The van der Waals surface area contributed by atoms with E-state index in [4.69, 9.17) is 4.74 Å². The lowest BCUT2D eigenvalue weighted by Crippen LogP contribution is -1.98. The molecule has 0 aliphatic heterocycles. The quantitative estimate of drug-likeness (QED) is 0.682. The summed E-state index contributed by atoms with van der Waals surface area (Å²) in [7, 11) is 1.76. The SMILES string of the molecule is CNc1cncc(Oc2c(C)cc(C)cc2[N+](=O)[O-])c1. The minimum absolute atomic E-state index is 0.0441. The minimum atomic E-state index is -0.440. The molecule has 0 saturated carbocycles. The molecule has 0 atom stereocenters. The van der Waals surface area contributed by atoms with Crippen LogP contribution in [0.5, 0.6) is 11.5 Å². The van der Waals surface area contributed by atoms with Gasteiger partial charge in [-0.1, -0.05) is 6.07 Å². The van der Waals surface area contributed by atoms with Gasteiger partial charge in [-0.3, -0.25) is 15.1 Å². The Hall–Kier alpha value is -2.63. The first-order valence-corrected chi connectivity index (χ1v) is 6.07. The Morgan fingerprint density at radius 3 is 2.65 bits per heavy atom. The van der Waals surface area contributed by atoms with Crippen molar-refractivity contribution in [2.45, 2.75) is 13.8 Å². The van der Waals surface area contributed by atoms with Crippen LogP contribution in [0.25, 0.3) is 0 Å². The molecule has 1 aromatic heterocycles. The van der Waals surface area contributed by atoms with Gasteiger partial charge in [0.25, 0.3) is 0 Å². The van der Waals surface area contributed by atoms with Crippen LogP contribution in [0.15, 0.2) is 30.6 Å². The molecule has 20 heavy (non-hydrogen) atoms. The molecule has 0 aliphatic rings. The lowest BCUT2D eigenvalue weighted by atomic mass is 10.1. The number of ether oxygens (including phenoxy) is 1. The number of nitrogens with one attached hydrogen (secondary N) is 1. The standard InChI is InChI=1S/C14H15N3O3/c1-9-4-10(2)14(13(5-9)17(18)19)20-12-6-11(15-3)7-16-8-12/h4-8,15H,1-3H3. The highest BCUT2D eigenvalue weighted by Crippen LogP contribution is 2.35. The van der Waals surface area contributed by atoms with E-state index in [1.54, 1.807) is 26.2 Å². The Morgan fingerprint density at radius 2 is 2.00 bits per heavy atom. The molecule has 0 amide bonds. The van der Waals surface area contributed by atoms with Gasteiger partial charge in [-0.25, -0.2) is 0 Å². The summed E-state index contributed by atoms with van der Waals surface area (Å²) in [5, 5.41) is 14.1. The van der Waals surface area contributed by atoms with E-state index < -0.39 is 4.92 Å². The lowest BCUT2D eigenvalue weighted by Gasteiger charge is -2.10. The molecule has 104 valence electrons. The van der Waals surface area contributed by atoms with Crippen LogP contribution in [0.4, 0.5) is 11.4 Å². The highest BCUT2D eigenvalue weighted by molar-refractivity contribution is 5.56. The van der Waals surface area contributed by atoms with Crippen molar-refractivity contribution in [3.8, 4) is 11.5 Å². The van der Waals surface area contributed by atoms with E-state index in [9.17, 15) is 10.1 Å². The molecule has 0 spiro atoms. The Bertz CT molecular complexity index is 656. The van der Waals surface area contributed by atoms with Crippen molar-refractivity contribution in [3.63, 3.8) is 0 Å². The smallest absolute Gasteiger partial charge is 0.312 e. The Balaban J connectivity index is 2.44. The fourth-order valence-electron chi connectivity index (χ4n) is 1.93. The Kier molecular flexibility index (Phi) is 3.84. The van der Waals surface area contributed by atoms with Gasteiger partial charge in [0.2, 0.25) is 5.75 Å². The molecule has 2 rings (SSSR count). The van der Waals surface area contributed by atoms with E-state index in [1.165, 1.54) is 12.3 Å². The predicted octanol–water partition coefficient (Wildman–Crippen LogP) is 3.44. The van der Waals surface area contributed by atoms with Crippen LogP contribution in [0.3, 0.4) is 0 Å². The van der Waals surface area contributed by atoms with Crippen LogP contribution >= 0.6 is 0 Å². The number of nitrogens with zero attached hydrogens (tertiary/aromatic N) is 2. The highest BCUT2D eigenvalue weighted by Gasteiger charge is 2.19. The van der Waals surface area contributed by atoms with E-state index in [0.717, 1.165) is 11.3 Å². The number of rotatable bonds is 4. The number of hydrogen-bond acceptors (Lipinski definition) is 5. The third-order valence-corrected chi connectivity index (χ3v) is 2.82. The summed E-state index contributed by atoms with van der Waals surface area (Å²) in [4.78, 5) is 14.7. The molecule has 1 N–H and O–H groups in total. The van der Waals surface area contributed by atoms with Crippen LogP contribution in [0.2, 0.25) is 0 Å². The molecule has 0 fully saturated rings. The third-order valence-electron chi connectivity index (χ3n) is 2.82. The van der Waals surface area contributed by atoms with Crippen molar-refractivity contribution in [3.05, 3.63) is 51.8 Å². The molecule has 6 heteroatoms. The third kappa shape index (κ3) is 2.85. The average molecular weight is 273 g/mol. The number of hydrogen-bond donors (Lipinski definition) is 1. The molecule has 0 unspecified atom stereocenters. The van der Waals surface area contributed by atoms with Crippen LogP contribution in [0, 0.1) is 24.0 Å². The molecular formula is C14H15N3O3. The highest BCUT2D eigenvalue weighted by atomic mass is 16.6. The molecule has 0 aliphatic carbocycles. The van der Waals surface area contributed by atoms with E-state index in [0.29, 0.717) is 11.3 Å². The summed E-state index contributed by atoms with van der Waals surface area (Å²) < 4.78 is 5.65. The normalized spacial score (nSPS) is 10.2. The molecule has 1 heterocycles. The summed E-state index contributed by atoms with van der Waals surface area (Å²) in [6, 6.07) is 5.07. The average Bonchev–Trinajstić information content (AvgIpc) is 2.41. The fraction of sp³-hybridized carbons (Fsp3) is 0.214. The molecular weight excluding hydrogens is 258 g/mol. The fourth-order valence-corrected chi connectivity index (χ4v) is 1.93. The van der Waals surface area contributed by atoms with Crippen LogP contribution in [0.1, 0.15) is 11.1 Å². The van der Waals surface area contributed by atoms with Crippen molar-refractivity contribution in [1.82, 2.24) is 4.98 Å². The van der Waals surface area contributed by atoms with Gasteiger partial charge in [-0.05, 0) is 25.0 Å². The summed E-state index contributed by atoms with van der Waals surface area (Å²) >= 11 is 0. The van der Waals surface area contributed by atoms with Crippen molar-refractivity contribution in [1.29, 1.82) is 0 Å². The Labute approximate surface area is 116 Å². The van der Waals surface area contributed by atoms with Crippen molar-refractivity contribution < 1.29 is 9.66 Å². The molecule has 0 radical (unpaired) electrons. The maximum absolute atomic E-state index is 11.1. The largest absolute Gasteiger partial charge is 0.448 e. The lowest BCUT2D eigenvalue weighted by molar-refractivity contribution is -0.385. The van der Waals surface area contributed by atoms with Gasteiger partial charge in [0, 0.05) is 19.2 Å². The zero-order valence-electron chi connectivity index (χ0n) is 11.5. The summed E-state index contributed by atoms with van der Waals surface area (Å²) in [5.74, 6) is 0.697. The van der Waals surface area contributed by atoms with Gasteiger partial charge >= 0.3 is 5.69 Å². The van der Waals surface area contributed by atoms with Gasteiger partial charge in [-0.2, -0.15) is 0 Å². The minimum Gasteiger partial charge on any atom is -0.448 e. The van der Waals surface area contributed by atoms with E-state index >= 15 is 0 Å². The summed E-state index contributed by atoms with van der Waals surface area (Å²) in [6.45, 7) is 3.59. The van der Waals surface area contributed by atoms with Gasteiger partial charge in [0.15, 0.2) is 0 Å². The number of aryl methyl sites for hydroxylation is 2. The molecule has 6 nitrogen and oxygen atoms in total. The zero-order chi connectivity index (χ0) is 14.7. The Morgan fingerprint density at radius 1 is 1.25 bits per heavy atom. The summed E-state index contributed by atoms with van der Waals surface area (Å²) in [5.41, 5.74) is 2.27. The molecule has 1 aromatic carbocycles. The molecule has 0 bridgehead atoms. The van der Waals surface area contributed by atoms with Crippen LogP contribution < -0.4 is 10.1 Å². The maximum atomic E-state index is 11.1. The second-order valence-electron chi connectivity index (χ2n) is 4.45. The second-order valence-corrected chi connectivity index (χ2v) is 4.45. The van der Waals surface area contributed by atoms with E-state index in [2.05, 4.69) is 10.3 Å². The van der Waals surface area contributed by atoms with Gasteiger partial charge in [0.05, 0.1) is 23.0 Å². The number of nitro groups is 1. The first-order valence-electron chi connectivity index (χ1n) is 6.07. The number of pyridine rings is 1. The predicted molar refractivity (Wildman–Crippen MR) is 76.4 cm³/mol.